The van der Waals surface area contributed by atoms with Gasteiger partial charge in [-0.05, 0) is 48.5 Å². The molecule has 3 aliphatic rings. The van der Waals surface area contributed by atoms with Gasteiger partial charge in [0.25, 0.3) is 10.0 Å². The fourth-order valence-corrected chi connectivity index (χ4v) is 6.53. The number of amides is 1. The molecule has 7 heteroatoms. The van der Waals surface area contributed by atoms with E-state index < -0.39 is 10.0 Å². The maximum absolute atomic E-state index is 12.8. The minimum Gasteiger partial charge on any atom is -0.356 e. The van der Waals surface area contributed by atoms with Crippen LogP contribution < -0.4 is 5.32 Å². The molecule has 1 spiro atoms. The fraction of sp³-hybridized carbons (Fsp3) is 0.688. The molecule has 5 nitrogen and oxygen atoms in total. The molecule has 23 heavy (non-hydrogen) atoms. The Labute approximate surface area is 141 Å². The summed E-state index contributed by atoms with van der Waals surface area (Å²) in [7, 11) is -3.46. The van der Waals surface area contributed by atoms with Crippen molar-refractivity contribution in [1.82, 2.24) is 9.62 Å². The van der Waals surface area contributed by atoms with Crippen molar-refractivity contribution in [2.45, 2.75) is 36.3 Å². The van der Waals surface area contributed by atoms with E-state index in [4.69, 9.17) is 0 Å². The molecule has 2 heterocycles. The average molecular weight is 354 g/mol. The van der Waals surface area contributed by atoms with Crippen molar-refractivity contribution in [3.63, 3.8) is 0 Å². The van der Waals surface area contributed by atoms with Crippen LogP contribution in [-0.4, -0.2) is 38.3 Å². The molecule has 1 saturated heterocycles. The zero-order valence-corrected chi connectivity index (χ0v) is 14.7. The first-order valence-corrected chi connectivity index (χ1v) is 10.6. The summed E-state index contributed by atoms with van der Waals surface area (Å²) < 4.78 is 27.5. The van der Waals surface area contributed by atoms with Crippen LogP contribution in [-0.2, 0) is 14.8 Å². The number of hydrogen-bond acceptors (Lipinski definition) is 4. The Kier molecular flexibility index (Phi) is 3.77. The third-order valence-corrected chi connectivity index (χ3v) is 8.82. The van der Waals surface area contributed by atoms with Crippen molar-refractivity contribution in [2.75, 3.05) is 19.6 Å². The quantitative estimate of drug-likeness (QED) is 0.880. The summed E-state index contributed by atoms with van der Waals surface area (Å²) in [4.78, 5) is 12.6. The van der Waals surface area contributed by atoms with Crippen LogP contribution in [0.25, 0.3) is 0 Å². The highest BCUT2D eigenvalue weighted by atomic mass is 32.2. The number of hydrogen-bond donors (Lipinski definition) is 1. The first-order chi connectivity index (χ1) is 11.0. The van der Waals surface area contributed by atoms with E-state index in [2.05, 4.69) is 5.32 Å². The lowest BCUT2D eigenvalue weighted by Crippen LogP contribution is -2.45. The van der Waals surface area contributed by atoms with Crippen LogP contribution in [0, 0.1) is 17.3 Å². The highest BCUT2D eigenvalue weighted by Gasteiger charge is 2.55. The van der Waals surface area contributed by atoms with Crippen LogP contribution in [0.15, 0.2) is 21.7 Å². The summed E-state index contributed by atoms with van der Waals surface area (Å²) in [5, 5.41) is 4.84. The van der Waals surface area contributed by atoms with E-state index in [1.807, 2.05) is 0 Å². The first-order valence-electron chi connectivity index (χ1n) is 8.33. The number of carbonyl (C=O) groups is 1. The van der Waals surface area contributed by atoms with Gasteiger partial charge >= 0.3 is 0 Å². The highest BCUT2D eigenvalue weighted by Crippen LogP contribution is 2.52. The minimum atomic E-state index is -3.46. The molecular formula is C16H22N2O3S2. The summed E-state index contributed by atoms with van der Waals surface area (Å²) >= 11 is 1.24. The molecule has 1 aliphatic heterocycles. The molecule has 3 fully saturated rings. The van der Waals surface area contributed by atoms with E-state index in [1.54, 1.807) is 21.8 Å². The smallest absolute Gasteiger partial charge is 0.252 e. The maximum atomic E-state index is 12.8. The molecule has 1 atom stereocenters. The van der Waals surface area contributed by atoms with E-state index in [0.29, 0.717) is 23.2 Å². The molecule has 1 aromatic rings. The number of sulfonamides is 1. The molecule has 4 rings (SSSR count). The Morgan fingerprint density at radius 2 is 2.17 bits per heavy atom. The number of carbonyl (C=O) groups excluding carboxylic acids is 1. The largest absolute Gasteiger partial charge is 0.356 e. The summed E-state index contributed by atoms with van der Waals surface area (Å²) in [6.45, 7) is 1.58. The molecule has 0 bridgehead atoms. The monoisotopic (exact) mass is 354 g/mol. The van der Waals surface area contributed by atoms with E-state index in [9.17, 15) is 13.2 Å². The third-order valence-electron chi connectivity index (χ3n) is 5.63. The van der Waals surface area contributed by atoms with E-state index in [-0.39, 0.29) is 17.2 Å². The van der Waals surface area contributed by atoms with Gasteiger partial charge in [0, 0.05) is 19.6 Å². The van der Waals surface area contributed by atoms with Crippen LogP contribution >= 0.6 is 11.3 Å². The lowest BCUT2D eigenvalue weighted by atomic mass is 9.62. The van der Waals surface area contributed by atoms with E-state index in [1.165, 1.54) is 24.2 Å². The third kappa shape index (κ3) is 2.72. The fourth-order valence-electron chi connectivity index (χ4n) is 3.83. The second kappa shape index (κ2) is 5.57. The molecule has 2 saturated carbocycles. The van der Waals surface area contributed by atoms with Gasteiger partial charge < -0.3 is 5.32 Å². The van der Waals surface area contributed by atoms with Gasteiger partial charge in [-0.2, -0.15) is 4.31 Å². The standard InChI is InChI=1S/C16H22N2O3S2/c19-15(17-9-12-4-5-12)13-10-18(11-16(13)6-2-7-16)23(20,21)14-3-1-8-22-14/h1,3,8,12-13H,2,4-7,9-11H2,(H,17,19). The van der Waals surface area contributed by atoms with Crippen molar-refractivity contribution in [2.24, 2.45) is 17.3 Å². The zero-order chi connectivity index (χ0) is 16.1. The minimum absolute atomic E-state index is 0.0560. The van der Waals surface area contributed by atoms with Gasteiger partial charge in [0.2, 0.25) is 5.91 Å². The molecule has 1 aromatic heterocycles. The number of nitrogens with zero attached hydrogens (tertiary/aromatic N) is 1. The normalized spacial score (nSPS) is 27.0. The Morgan fingerprint density at radius 3 is 2.74 bits per heavy atom. The van der Waals surface area contributed by atoms with Crippen molar-refractivity contribution >= 4 is 27.3 Å². The predicted molar refractivity (Wildman–Crippen MR) is 88.6 cm³/mol. The van der Waals surface area contributed by atoms with Gasteiger partial charge in [-0.15, -0.1) is 11.3 Å². The van der Waals surface area contributed by atoms with Crippen molar-refractivity contribution < 1.29 is 13.2 Å². The van der Waals surface area contributed by atoms with Gasteiger partial charge in [-0.1, -0.05) is 12.5 Å². The number of rotatable bonds is 5. The van der Waals surface area contributed by atoms with Gasteiger partial charge in [0.05, 0.1) is 5.92 Å². The average Bonchev–Trinajstić information content (AvgIpc) is 3.02. The van der Waals surface area contributed by atoms with Gasteiger partial charge in [0.1, 0.15) is 4.21 Å². The first kappa shape index (κ1) is 15.6. The molecule has 0 aromatic carbocycles. The molecule has 1 unspecified atom stereocenters. The summed E-state index contributed by atoms with van der Waals surface area (Å²) in [5.41, 5.74) is -0.127. The van der Waals surface area contributed by atoms with Gasteiger partial charge in [-0.25, -0.2) is 8.42 Å². The second-order valence-electron chi connectivity index (χ2n) is 7.19. The lowest BCUT2D eigenvalue weighted by Gasteiger charge is -2.42. The summed E-state index contributed by atoms with van der Waals surface area (Å²) in [6.07, 6.45) is 5.43. The van der Waals surface area contributed by atoms with Crippen LogP contribution in [0.3, 0.4) is 0 Å². The van der Waals surface area contributed by atoms with Crippen LogP contribution in [0.5, 0.6) is 0 Å². The molecule has 1 amide bonds. The summed E-state index contributed by atoms with van der Waals surface area (Å²) in [5.74, 6) is 0.508. The van der Waals surface area contributed by atoms with Crippen molar-refractivity contribution in [3.05, 3.63) is 17.5 Å². The Balaban J connectivity index is 1.52. The molecule has 2 aliphatic carbocycles. The topological polar surface area (TPSA) is 66.5 Å². The van der Waals surface area contributed by atoms with Crippen LogP contribution in [0.4, 0.5) is 0 Å². The van der Waals surface area contributed by atoms with E-state index in [0.717, 1.165) is 25.8 Å². The number of thiophene rings is 1. The zero-order valence-electron chi connectivity index (χ0n) is 13.0. The molecule has 1 N–H and O–H groups in total. The maximum Gasteiger partial charge on any atom is 0.252 e. The predicted octanol–water partition coefficient (Wildman–Crippen LogP) is 2.07. The van der Waals surface area contributed by atoms with Gasteiger partial charge in [0.15, 0.2) is 0 Å². The second-order valence-corrected chi connectivity index (χ2v) is 10.3. The van der Waals surface area contributed by atoms with E-state index >= 15 is 0 Å². The van der Waals surface area contributed by atoms with Crippen LogP contribution in [0.2, 0.25) is 0 Å². The van der Waals surface area contributed by atoms with Crippen molar-refractivity contribution in [3.8, 4) is 0 Å². The number of nitrogens with one attached hydrogen (secondary N) is 1. The van der Waals surface area contributed by atoms with Crippen molar-refractivity contribution in [1.29, 1.82) is 0 Å². The SMILES string of the molecule is O=C(NCC1CC1)C1CN(S(=O)(=O)c2cccs2)CC12CCC2. The Hall–Kier alpha value is -0.920. The summed E-state index contributed by atoms with van der Waals surface area (Å²) in [6, 6.07) is 3.40. The highest BCUT2D eigenvalue weighted by molar-refractivity contribution is 7.91. The molecule has 0 radical (unpaired) electrons. The van der Waals surface area contributed by atoms with Gasteiger partial charge in [-0.3, -0.25) is 4.79 Å². The molecule has 126 valence electrons. The Bertz CT molecular complexity index is 691. The lowest BCUT2D eigenvalue weighted by molar-refractivity contribution is -0.129. The van der Waals surface area contributed by atoms with Crippen LogP contribution in [0.1, 0.15) is 32.1 Å². The molecular weight excluding hydrogens is 332 g/mol. The Morgan fingerprint density at radius 1 is 1.39 bits per heavy atom.